The number of hydrogen-bond donors (Lipinski definition) is 0. The maximum atomic E-state index is 2.44. The zero-order valence-electron chi connectivity index (χ0n) is 10.8. The van der Waals surface area contributed by atoms with Crippen LogP contribution < -0.4 is 0 Å². The van der Waals surface area contributed by atoms with Crippen molar-refractivity contribution >= 4 is 0 Å². The van der Waals surface area contributed by atoms with E-state index in [2.05, 4.69) is 13.8 Å². The van der Waals surface area contributed by atoms with Crippen LogP contribution in [-0.4, -0.2) is 0 Å². The number of fused-ring (bicyclic) bond motifs is 2. The van der Waals surface area contributed by atoms with E-state index in [1.807, 2.05) is 0 Å². The summed E-state index contributed by atoms with van der Waals surface area (Å²) in [4.78, 5) is 0. The number of rotatable bonds is 0. The van der Waals surface area contributed by atoms with Crippen LogP contribution in [0.15, 0.2) is 22.3 Å². The minimum absolute atomic E-state index is 0.922. The minimum Gasteiger partial charge on any atom is -0.0661 e. The van der Waals surface area contributed by atoms with Gasteiger partial charge in [-0.05, 0) is 75.4 Å². The molecule has 88 valence electrons. The van der Waals surface area contributed by atoms with E-state index in [0.717, 1.165) is 11.8 Å². The molecule has 0 heteroatoms. The fourth-order valence-electron chi connectivity index (χ4n) is 4.39. The topological polar surface area (TPSA) is 0 Å². The Kier molecular flexibility index (Phi) is 2.69. The highest BCUT2D eigenvalue weighted by Crippen LogP contribution is 2.49. The van der Waals surface area contributed by atoms with E-state index in [9.17, 15) is 0 Å². The largest absolute Gasteiger partial charge is 0.0661 e. The first-order chi connectivity index (χ1) is 7.79. The van der Waals surface area contributed by atoms with Crippen LogP contribution in [0.4, 0.5) is 0 Å². The molecule has 3 aliphatic rings. The zero-order chi connectivity index (χ0) is 11.1. The lowest BCUT2D eigenvalue weighted by molar-refractivity contribution is 0.297. The van der Waals surface area contributed by atoms with Crippen LogP contribution in [0.1, 0.15) is 65.2 Å². The predicted molar refractivity (Wildman–Crippen MR) is 69.3 cm³/mol. The molecular weight excluding hydrogens is 192 g/mol. The SMILES string of the molecule is CC1=C2CCCCC2=C(C)C2CCCCC12. The van der Waals surface area contributed by atoms with E-state index >= 15 is 0 Å². The highest BCUT2D eigenvalue weighted by Gasteiger charge is 2.35. The molecule has 2 saturated carbocycles. The fraction of sp³-hybridized carbons (Fsp3) is 0.750. The van der Waals surface area contributed by atoms with Gasteiger partial charge in [0.2, 0.25) is 0 Å². The maximum absolute atomic E-state index is 2.44. The second kappa shape index (κ2) is 4.05. The molecule has 3 rings (SSSR count). The summed E-state index contributed by atoms with van der Waals surface area (Å²) < 4.78 is 0. The van der Waals surface area contributed by atoms with Crippen molar-refractivity contribution in [1.82, 2.24) is 0 Å². The van der Waals surface area contributed by atoms with Crippen molar-refractivity contribution in [2.75, 3.05) is 0 Å². The predicted octanol–water partition coefficient (Wildman–Crippen LogP) is 5.01. The molecule has 0 heterocycles. The summed E-state index contributed by atoms with van der Waals surface area (Å²) in [5.41, 5.74) is 7.13. The average molecular weight is 216 g/mol. The van der Waals surface area contributed by atoms with E-state index in [4.69, 9.17) is 0 Å². The zero-order valence-corrected chi connectivity index (χ0v) is 10.8. The molecule has 0 nitrogen and oxygen atoms in total. The Balaban J connectivity index is 2.03. The van der Waals surface area contributed by atoms with E-state index in [-0.39, 0.29) is 0 Å². The first-order valence-corrected chi connectivity index (χ1v) is 7.18. The highest BCUT2D eigenvalue weighted by atomic mass is 14.4. The van der Waals surface area contributed by atoms with Gasteiger partial charge in [0.25, 0.3) is 0 Å². The van der Waals surface area contributed by atoms with E-state index < -0.39 is 0 Å². The Morgan fingerprint density at radius 3 is 1.56 bits per heavy atom. The van der Waals surface area contributed by atoms with Crippen LogP contribution in [0.25, 0.3) is 0 Å². The highest BCUT2D eigenvalue weighted by molar-refractivity contribution is 5.45. The van der Waals surface area contributed by atoms with Gasteiger partial charge >= 0.3 is 0 Å². The molecule has 2 fully saturated rings. The van der Waals surface area contributed by atoms with Gasteiger partial charge in [-0.15, -0.1) is 0 Å². The lowest BCUT2D eigenvalue weighted by atomic mass is 9.64. The first kappa shape index (κ1) is 10.6. The Morgan fingerprint density at radius 2 is 1.12 bits per heavy atom. The lowest BCUT2D eigenvalue weighted by Gasteiger charge is -2.41. The van der Waals surface area contributed by atoms with E-state index in [0.29, 0.717) is 0 Å². The Morgan fingerprint density at radius 1 is 0.688 bits per heavy atom. The molecule has 0 aromatic carbocycles. The van der Waals surface area contributed by atoms with Gasteiger partial charge < -0.3 is 0 Å². The molecule has 3 aliphatic carbocycles. The number of hydrogen-bond acceptors (Lipinski definition) is 0. The molecule has 16 heavy (non-hydrogen) atoms. The molecular formula is C16H24. The normalized spacial score (nSPS) is 34.9. The minimum atomic E-state index is 0.922. The second-order valence-electron chi connectivity index (χ2n) is 6.03. The average Bonchev–Trinajstić information content (AvgIpc) is 2.36. The third-order valence-corrected chi connectivity index (χ3v) is 5.30. The number of allylic oxidation sites excluding steroid dienone is 4. The standard InChI is InChI=1S/C16H24/c1-11-13-7-3-5-9-15(13)12(2)16-10-6-4-8-14(11)16/h13,15H,3-10H2,1-2H3. The molecule has 0 radical (unpaired) electrons. The van der Waals surface area contributed by atoms with Gasteiger partial charge in [0, 0.05) is 0 Å². The van der Waals surface area contributed by atoms with Crippen LogP contribution in [0.3, 0.4) is 0 Å². The van der Waals surface area contributed by atoms with Gasteiger partial charge in [0.15, 0.2) is 0 Å². The van der Waals surface area contributed by atoms with E-state index in [1.165, 1.54) is 51.4 Å². The summed E-state index contributed by atoms with van der Waals surface area (Å²) in [6, 6.07) is 0. The monoisotopic (exact) mass is 216 g/mol. The summed E-state index contributed by atoms with van der Waals surface area (Å²) in [5.74, 6) is 1.84. The lowest BCUT2D eigenvalue weighted by Crippen LogP contribution is -2.28. The van der Waals surface area contributed by atoms with Crippen LogP contribution >= 0.6 is 0 Å². The fourth-order valence-corrected chi connectivity index (χ4v) is 4.39. The quantitative estimate of drug-likeness (QED) is 0.533. The molecule has 0 saturated heterocycles. The summed E-state index contributed by atoms with van der Waals surface area (Å²) in [6.07, 6.45) is 11.5. The Bertz CT molecular complexity index is 320. The van der Waals surface area contributed by atoms with Crippen molar-refractivity contribution in [2.24, 2.45) is 11.8 Å². The molecule has 0 amide bonds. The van der Waals surface area contributed by atoms with Crippen molar-refractivity contribution < 1.29 is 0 Å². The maximum Gasteiger partial charge on any atom is -0.0134 e. The molecule has 2 unspecified atom stereocenters. The van der Waals surface area contributed by atoms with Gasteiger partial charge in [-0.3, -0.25) is 0 Å². The van der Waals surface area contributed by atoms with Crippen molar-refractivity contribution in [3.8, 4) is 0 Å². The second-order valence-corrected chi connectivity index (χ2v) is 6.03. The molecule has 2 atom stereocenters. The summed E-state index contributed by atoms with van der Waals surface area (Å²) in [7, 11) is 0. The van der Waals surface area contributed by atoms with Gasteiger partial charge in [0.1, 0.15) is 0 Å². The summed E-state index contributed by atoms with van der Waals surface area (Å²) in [5, 5.41) is 0. The summed E-state index contributed by atoms with van der Waals surface area (Å²) >= 11 is 0. The molecule has 0 spiro atoms. The van der Waals surface area contributed by atoms with Crippen LogP contribution in [-0.2, 0) is 0 Å². The van der Waals surface area contributed by atoms with Crippen LogP contribution in [0.2, 0.25) is 0 Å². The molecule has 0 aromatic rings. The van der Waals surface area contributed by atoms with Gasteiger partial charge in [-0.2, -0.15) is 0 Å². The summed E-state index contributed by atoms with van der Waals surface area (Å²) in [6.45, 7) is 4.88. The van der Waals surface area contributed by atoms with Crippen molar-refractivity contribution in [1.29, 1.82) is 0 Å². The van der Waals surface area contributed by atoms with Crippen molar-refractivity contribution in [3.05, 3.63) is 22.3 Å². The molecule has 0 aromatic heterocycles. The molecule has 0 aliphatic heterocycles. The van der Waals surface area contributed by atoms with Gasteiger partial charge in [0.05, 0.1) is 0 Å². The van der Waals surface area contributed by atoms with Crippen LogP contribution in [0.5, 0.6) is 0 Å². The Hall–Kier alpha value is -0.520. The molecule has 0 N–H and O–H groups in total. The van der Waals surface area contributed by atoms with E-state index in [1.54, 1.807) is 22.3 Å². The Labute approximate surface area is 99.8 Å². The van der Waals surface area contributed by atoms with Gasteiger partial charge in [-0.1, -0.05) is 24.0 Å². The third-order valence-electron chi connectivity index (χ3n) is 5.30. The van der Waals surface area contributed by atoms with Crippen LogP contribution in [0, 0.1) is 11.8 Å². The molecule has 0 bridgehead atoms. The van der Waals surface area contributed by atoms with Crippen molar-refractivity contribution in [3.63, 3.8) is 0 Å². The first-order valence-electron chi connectivity index (χ1n) is 7.18. The van der Waals surface area contributed by atoms with Crippen molar-refractivity contribution in [2.45, 2.75) is 65.2 Å². The third kappa shape index (κ3) is 1.49. The smallest absolute Gasteiger partial charge is 0.0134 e. The van der Waals surface area contributed by atoms with Gasteiger partial charge in [-0.25, -0.2) is 0 Å².